The van der Waals surface area contributed by atoms with E-state index in [1.165, 1.54) is 16.2 Å². The van der Waals surface area contributed by atoms with Gasteiger partial charge in [0.2, 0.25) is 0 Å². The monoisotopic (exact) mass is 528 g/mol. The number of fused-ring (bicyclic) bond motifs is 2. The number of Topliss-reactive ketones (excluding diaryl/α,β-unsaturated/α-hetero) is 1. The predicted molar refractivity (Wildman–Crippen MR) is 144 cm³/mol. The second kappa shape index (κ2) is 9.18. The van der Waals surface area contributed by atoms with Crippen molar-refractivity contribution in [3.63, 3.8) is 0 Å². The lowest BCUT2D eigenvalue weighted by molar-refractivity contribution is -0.132. The molecular weight excluding hydrogens is 504 g/mol. The third kappa shape index (κ3) is 3.86. The number of carbonyl (C=O) groups excluding carboxylic acids is 2. The minimum absolute atomic E-state index is 0.00363. The van der Waals surface area contributed by atoms with Gasteiger partial charge in [0.1, 0.15) is 29.1 Å². The topological polar surface area (TPSA) is 98.2 Å². The Morgan fingerprint density at radius 3 is 2.50 bits per heavy atom. The Balaban J connectivity index is 1.52. The lowest BCUT2D eigenvalue weighted by atomic mass is 9.94. The number of aliphatic hydroxyl groups excluding tert-OH is 1. The Bertz CT molecular complexity index is 1620. The molecule has 1 N–H and O–H groups in total. The first-order chi connectivity index (χ1) is 18.4. The Labute approximate surface area is 222 Å². The SMILES string of the molecule is COc1ccc([C@H]2/C(=C(\O)c3ccc4c(c3)C[C@@H](C)O4)C(=O)C(=O)N2c2nc3ccc(OC)cc3s2)cc1. The molecule has 0 unspecified atom stereocenters. The maximum absolute atomic E-state index is 13.5. The summed E-state index contributed by atoms with van der Waals surface area (Å²) in [7, 11) is 3.14. The van der Waals surface area contributed by atoms with Gasteiger partial charge < -0.3 is 19.3 Å². The molecule has 0 aliphatic carbocycles. The van der Waals surface area contributed by atoms with Crippen LogP contribution in [0.3, 0.4) is 0 Å². The van der Waals surface area contributed by atoms with Crippen molar-refractivity contribution < 1.29 is 28.9 Å². The number of hydrogen-bond acceptors (Lipinski definition) is 8. The van der Waals surface area contributed by atoms with Crippen molar-refractivity contribution in [3.8, 4) is 17.2 Å². The van der Waals surface area contributed by atoms with Crippen molar-refractivity contribution in [1.29, 1.82) is 0 Å². The molecule has 0 saturated carbocycles. The number of rotatable bonds is 5. The van der Waals surface area contributed by atoms with Crippen LogP contribution in [0.15, 0.2) is 66.2 Å². The van der Waals surface area contributed by atoms with Gasteiger partial charge in [0.15, 0.2) is 5.13 Å². The first-order valence-corrected chi connectivity index (χ1v) is 12.9. The van der Waals surface area contributed by atoms with Gasteiger partial charge in [-0.25, -0.2) is 4.98 Å². The highest BCUT2D eigenvalue weighted by Crippen LogP contribution is 2.45. The van der Waals surface area contributed by atoms with Crippen LogP contribution in [0, 0.1) is 0 Å². The van der Waals surface area contributed by atoms with Crippen molar-refractivity contribution in [1.82, 2.24) is 4.98 Å². The van der Waals surface area contributed by atoms with E-state index >= 15 is 0 Å². The first-order valence-electron chi connectivity index (χ1n) is 12.1. The highest BCUT2D eigenvalue weighted by atomic mass is 32.1. The molecule has 1 saturated heterocycles. The van der Waals surface area contributed by atoms with E-state index in [2.05, 4.69) is 4.98 Å². The highest BCUT2D eigenvalue weighted by molar-refractivity contribution is 7.22. The summed E-state index contributed by atoms with van der Waals surface area (Å²) in [6, 6.07) is 16.9. The maximum Gasteiger partial charge on any atom is 0.301 e. The van der Waals surface area contributed by atoms with Gasteiger partial charge in [-0.2, -0.15) is 0 Å². The van der Waals surface area contributed by atoms with E-state index in [-0.39, 0.29) is 17.4 Å². The standard InChI is InChI=1S/C29H24N2O6S/c1-15-12-18-13-17(6-11-22(18)37-15)26(32)24-25(16-4-7-19(35-2)8-5-16)31(28(34)27(24)33)29-30-21-10-9-20(36-3)14-23(21)38-29/h4-11,13-15,25,32H,12H2,1-3H3/b26-24+/t15-,25+/m1/s1. The quantitative estimate of drug-likeness (QED) is 0.214. The number of anilines is 1. The fraction of sp³-hybridized carbons (Fsp3) is 0.207. The van der Waals surface area contributed by atoms with Crippen molar-refractivity contribution in [2.75, 3.05) is 19.1 Å². The zero-order chi connectivity index (χ0) is 26.6. The van der Waals surface area contributed by atoms with Gasteiger partial charge in [-0.3, -0.25) is 14.5 Å². The van der Waals surface area contributed by atoms with Crippen LogP contribution in [-0.4, -0.2) is 42.1 Å². The highest BCUT2D eigenvalue weighted by Gasteiger charge is 2.48. The Hall–Kier alpha value is -4.37. The fourth-order valence-electron chi connectivity index (χ4n) is 4.98. The van der Waals surface area contributed by atoms with E-state index in [0.717, 1.165) is 16.0 Å². The molecule has 9 heteroatoms. The normalized spacial score (nSPS) is 20.0. The molecule has 0 spiro atoms. The summed E-state index contributed by atoms with van der Waals surface area (Å²) in [5.74, 6) is 0.284. The summed E-state index contributed by atoms with van der Waals surface area (Å²) in [5.41, 5.74) is 2.71. The van der Waals surface area contributed by atoms with E-state index in [9.17, 15) is 14.7 Å². The molecular formula is C29H24N2O6S. The maximum atomic E-state index is 13.5. The molecule has 0 radical (unpaired) electrons. The van der Waals surface area contributed by atoms with Gasteiger partial charge in [0, 0.05) is 12.0 Å². The van der Waals surface area contributed by atoms with E-state index in [1.54, 1.807) is 62.8 Å². The Morgan fingerprint density at radius 2 is 1.76 bits per heavy atom. The smallest absolute Gasteiger partial charge is 0.301 e. The molecule has 3 aromatic carbocycles. The van der Waals surface area contributed by atoms with E-state index in [0.29, 0.717) is 39.7 Å². The number of ether oxygens (including phenoxy) is 3. The fourth-order valence-corrected chi connectivity index (χ4v) is 6.00. The van der Waals surface area contributed by atoms with E-state index < -0.39 is 17.7 Å². The summed E-state index contributed by atoms with van der Waals surface area (Å²) in [4.78, 5) is 33.1. The largest absolute Gasteiger partial charge is 0.507 e. The molecule has 192 valence electrons. The van der Waals surface area contributed by atoms with Crippen LogP contribution < -0.4 is 19.1 Å². The average molecular weight is 529 g/mol. The number of nitrogens with zero attached hydrogens (tertiary/aromatic N) is 2. The number of thiazole rings is 1. The minimum Gasteiger partial charge on any atom is -0.507 e. The van der Waals surface area contributed by atoms with Crippen molar-refractivity contribution in [2.24, 2.45) is 0 Å². The van der Waals surface area contributed by atoms with Crippen LogP contribution in [0.25, 0.3) is 16.0 Å². The molecule has 8 nitrogen and oxygen atoms in total. The molecule has 1 aromatic heterocycles. The Morgan fingerprint density at radius 1 is 1.03 bits per heavy atom. The minimum atomic E-state index is -0.883. The van der Waals surface area contributed by atoms with Crippen LogP contribution in [-0.2, 0) is 16.0 Å². The number of amides is 1. The third-order valence-electron chi connectivity index (χ3n) is 6.84. The molecule has 3 heterocycles. The first kappa shape index (κ1) is 24.0. The van der Waals surface area contributed by atoms with Crippen molar-refractivity contribution in [3.05, 3.63) is 82.9 Å². The summed E-state index contributed by atoms with van der Waals surface area (Å²) in [5, 5.41) is 11.8. The van der Waals surface area contributed by atoms with Gasteiger partial charge >= 0.3 is 5.91 Å². The molecule has 4 aromatic rings. The van der Waals surface area contributed by atoms with Crippen LogP contribution in [0.5, 0.6) is 17.2 Å². The number of benzene rings is 3. The van der Waals surface area contributed by atoms with Gasteiger partial charge in [-0.1, -0.05) is 23.5 Å². The molecule has 0 bridgehead atoms. The molecule has 38 heavy (non-hydrogen) atoms. The summed E-state index contributed by atoms with van der Waals surface area (Å²) >= 11 is 1.28. The zero-order valence-electron chi connectivity index (χ0n) is 20.9. The summed E-state index contributed by atoms with van der Waals surface area (Å²) < 4.78 is 17.2. The van der Waals surface area contributed by atoms with Gasteiger partial charge in [0.05, 0.1) is 36.1 Å². The van der Waals surface area contributed by atoms with Gasteiger partial charge in [-0.05, 0) is 66.6 Å². The zero-order valence-corrected chi connectivity index (χ0v) is 21.7. The third-order valence-corrected chi connectivity index (χ3v) is 7.85. The Kier molecular flexibility index (Phi) is 5.80. The number of hydrogen-bond donors (Lipinski definition) is 1. The molecule has 1 fully saturated rings. The second-order valence-corrected chi connectivity index (χ2v) is 10.2. The van der Waals surface area contributed by atoms with E-state index in [4.69, 9.17) is 14.2 Å². The van der Waals surface area contributed by atoms with Gasteiger partial charge in [-0.15, -0.1) is 0 Å². The molecule has 2 atom stereocenters. The molecule has 2 aliphatic heterocycles. The van der Waals surface area contributed by atoms with Crippen LogP contribution >= 0.6 is 11.3 Å². The average Bonchev–Trinajstić information content (AvgIpc) is 3.60. The second-order valence-electron chi connectivity index (χ2n) is 9.23. The summed E-state index contributed by atoms with van der Waals surface area (Å²) in [6.07, 6.45) is 0.729. The number of aromatic nitrogens is 1. The van der Waals surface area contributed by atoms with Crippen LogP contribution in [0.2, 0.25) is 0 Å². The number of carbonyl (C=O) groups is 2. The van der Waals surface area contributed by atoms with Gasteiger partial charge in [0.25, 0.3) is 5.78 Å². The lowest BCUT2D eigenvalue weighted by Gasteiger charge is -2.23. The number of aliphatic hydroxyl groups is 1. The molecule has 6 rings (SSSR count). The van der Waals surface area contributed by atoms with Crippen LogP contribution in [0.4, 0.5) is 5.13 Å². The summed E-state index contributed by atoms with van der Waals surface area (Å²) in [6.45, 7) is 1.97. The molecule has 2 aliphatic rings. The van der Waals surface area contributed by atoms with Crippen molar-refractivity contribution in [2.45, 2.75) is 25.5 Å². The van der Waals surface area contributed by atoms with Crippen LogP contribution in [0.1, 0.15) is 29.7 Å². The van der Waals surface area contributed by atoms with Crippen molar-refractivity contribution >= 4 is 44.1 Å². The number of ketones is 1. The molecule has 1 amide bonds. The lowest BCUT2D eigenvalue weighted by Crippen LogP contribution is -2.29. The predicted octanol–water partition coefficient (Wildman–Crippen LogP) is 5.26. The van der Waals surface area contributed by atoms with E-state index in [1.807, 2.05) is 19.1 Å². The number of methoxy groups -OCH3 is 2.